The van der Waals surface area contributed by atoms with E-state index in [0.717, 1.165) is 63.2 Å². The van der Waals surface area contributed by atoms with Gasteiger partial charge in [-0.25, -0.2) is 0 Å². The van der Waals surface area contributed by atoms with Gasteiger partial charge in [0, 0.05) is 25.2 Å². The van der Waals surface area contributed by atoms with Crippen LogP contribution < -0.4 is 5.73 Å². The van der Waals surface area contributed by atoms with Crippen molar-refractivity contribution >= 4 is 5.91 Å². The summed E-state index contributed by atoms with van der Waals surface area (Å²) >= 11 is 0. The minimum Gasteiger partial charge on any atom is -0.337 e. The van der Waals surface area contributed by atoms with Crippen molar-refractivity contribution in [3.63, 3.8) is 0 Å². The maximum absolute atomic E-state index is 12.7. The van der Waals surface area contributed by atoms with Crippen molar-refractivity contribution in [3.8, 4) is 0 Å². The third-order valence-corrected chi connectivity index (χ3v) is 4.17. The highest BCUT2D eigenvalue weighted by Gasteiger charge is 2.21. The van der Waals surface area contributed by atoms with Crippen LogP contribution in [0.15, 0.2) is 18.2 Å². The Kier molecular flexibility index (Phi) is 5.76. The van der Waals surface area contributed by atoms with E-state index < -0.39 is 0 Å². The Morgan fingerprint density at radius 1 is 1.19 bits per heavy atom. The van der Waals surface area contributed by atoms with Gasteiger partial charge in [-0.3, -0.25) is 4.79 Å². The van der Waals surface area contributed by atoms with E-state index in [0.29, 0.717) is 0 Å². The maximum Gasteiger partial charge on any atom is 0.254 e. The summed E-state index contributed by atoms with van der Waals surface area (Å²) in [6.45, 7) is 9.55. The van der Waals surface area contributed by atoms with Crippen molar-refractivity contribution in [1.29, 1.82) is 0 Å². The highest BCUT2D eigenvalue weighted by Crippen LogP contribution is 2.15. The van der Waals surface area contributed by atoms with Crippen LogP contribution in [0.3, 0.4) is 0 Å². The van der Waals surface area contributed by atoms with Crippen molar-refractivity contribution in [2.75, 3.05) is 39.3 Å². The lowest BCUT2D eigenvalue weighted by Gasteiger charge is -2.22. The van der Waals surface area contributed by atoms with Gasteiger partial charge in [0.2, 0.25) is 0 Å². The average molecular weight is 289 g/mol. The Morgan fingerprint density at radius 2 is 2.00 bits per heavy atom. The molecule has 0 aliphatic carbocycles. The number of nitrogens with two attached hydrogens (primary N) is 1. The standard InChI is InChI=1S/C17H27N3O/c1-14-5-6-16(15(2)13-14)17(21)20-10-4-9-19(11-12-20)8-3-7-18/h5-6,13H,3-4,7-12,18H2,1-2H3. The molecule has 21 heavy (non-hydrogen) atoms. The molecule has 1 fully saturated rings. The molecule has 116 valence electrons. The predicted octanol–water partition coefficient (Wildman–Crippen LogP) is 1.80. The zero-order valence-electron chi connectivity index (χ0n) is 13.3. The second-order valence-corrected chi connectivity index (χ2v) is 5.95. The van der Waals surface area contributed by atoms with Crippen molar-refractivity contribution in [2.45, 2.75) is 26.7 Å². The predicted molar refractivity (Wildman–Crippen MR) is 86.5 cm³/mol. The number of hydrogen-bond acceptors (Lipinski definition) is 3. The number of carbonyl (C=O) groups excluding carboxylic acids is 1. The van der Waals surface area contributed by atoms with Gasteiger partial charge in [-0.1, -0.05) is 17.7 Å². The van der Waals surface area contributed by atoms with Crippen LogP contribution in [0.5, 0.6) is 0 Å². The number of carbonyl (C=O) groups is 1. The summed E-state index contributed by atoms with van der Waals surface area (Å²) in [5.74, 6) is 0.174. The lowest BCUT2D eigenvalue weighted by atomic mass is 10.0. The Bertz CT molecular complexity index is 487. The summed E-state index contributed by atoms with van der Waals surface area (Å²) in [5, 5.41) is 0. The van der Waals surface area contributed by atoms with Crippen LogP contribution in [-0.2, 0) is 0 Å². The lowest BCUT2D eigenvalue weighted by Crippen LogP contribution is -2.36. The Balaban J connectivity index is 1.99. The molecular formula is C17H27N3O. The number of hydrogen-bond donors (Lipinski definition) is 1. The van der Waals surface area contributed by atoms with E-state index in [9.17, 15) is 4.79 Å². The topological polar surface area (TPSA) is 49.6 Å². The van der Waals surface area contributed by atoms with E-state index in [1.165, 1.54) is 5.56 Å². The average Bonchev–Trinajstić information content (AvgIpc) is 2.70. The monoisotopic (exact) mass is 289 g/mol. The first kappa shape index (κ1) is 16.0. The van der Waals surface area contributed by atoms with Gasteiger partial charge in [-0.05, 0) is 58.0 Å². The third kappa shape index (κ3) is 4.29. The molecule has 0 radical (unpaired) electrons. The van der Waals surface area contributed by atoms with E-state index in [1.807, 2.05) is 24.0 Å². The van der Waals surface area contributed by atoms with E-state index >= 15 is 0 Å². The summed E-state index contributed by atoms with van der Waals surface area (Å²) in [6, 6.07) is 6.06. The van der Waals surface area contributed by atoms with Gasteiger partial charge >= 0.3 is 0 Å². The van der Waals surface area contributed by atoms with E-state index in [-0.39, 0.29) is 5.91 Å². The van der Waals surface area contributed by atoms with Gasteiger partial charge in [0.1, 0.15) is 0 Å². The summed E-state index contributed by atoms with van der Waals surface area (Å²) in [4.78, 5) is 17.1. The normalized spacial score (nSPS) is 16.8. The van der Waals surface area contributed by atoms with Gasteiger partial charge in [-0.2, -0.15) is 0 Å². The quantitative estimate of drug-likeness (QED) is 0.919. The maximum atomic E-state index is 12.7. The van der Waals surface area contributed by atoms with Crippen molar-refractivity contribution in [1.82, 2.24) is 9.80 Å². The van der Waals surface area contributed by atoms with Gasteiger partial charge in [0.05, 0.1) is 0 Å². The largest absolute Gasteiger partial charge is 0.337 e. The molecule has 1 heterocycles. The fourth-order valence-electron chi connectivity index (χ4n) is 2.94. The smallest absolute Gasteiger partial charge is 0.254 e. The fourth-order valence-corrected chi connectivity index (χ4v) is 2.94. The lowest BCUT2D eigenvalue weighted by molar-refractivity contribution is 0.0760. The molecule has 4 nitrogen and oxygen atoms in total. The molecule has 1 aromatic carbocycles. The third-order valence-electron chi connectivity index (χ3n) is 4.17. The Labute approximate surface area is 127 Å². The number of rotatable bonds is 4. The second-order valence-electron chi connectivity index (χ2n) is 5.95. The second kappa shape index (κ2) is 7.57. The highest BCUT2D eigenvalue weighted by molar-refractivity contribution is 5.95. The molecule has 2 rings (SSSR count). The van der Waals surface area contributed by atoms with Gasteiger partial charge in [0.25, 0.3) is 5.91 Å². The minimum absolute atomic E-state index is 0.174. The Morgan fingerprint density at radius 3 is 2.71 bits per heavy atom. The molecule has 0 saturated carbocycles. The molecule has 1 aliphatic heterocycles. The fraction of sp³-hybridized carbons (Fsp3) is 0.588. The Hall–Kier alpha value is -1.39. The summed E-state index contributed by atoms with van der Waals surface area (Å²) in [5.41, 5.74) is 8.69. The molecule has 2 N–H and O–H groups in total. The molecular weight excluding hydrogens is 262 g/mol. The summed E-state index contributed by atoms with van der Waals surface area (Å²) in [7, 11) is 0. The zero-order chi connectivity index (χ0) is 15.2. The van der Waals surface area contributed by atoms with E-state index in [4.69, 9.17) is 5.73 Å². The van der Waals surface area contributed by atoms with Crippen molar-refractivity contribution in [2.24, 2.45) is 5.73 Å². The first-order chi connectivity index (χ1) is 10.1. The number of nitrogens with zero attached hydrogens (tertiary/aromatic N) is 2. The molecule has 1 aliphatic rings. The molecule has 0 unspecified atom stereocenters. The highest BCUT2D eigenvalue weighted by atomic mass is 16.2. The zero-order valence-corrected chi connectivity index (χ0v) is 13.3. The molecule has 1 aromatic rings. The van der Waals surface area contributed by atoms with Crippen LogP contribution in [-0.4, -0.2) is 55.0 Å². The van der Waals surface area contributed by atoms with Gasteiger partial charge < -0.3 is 15.5 Å². The van der Waals surface area contributed by atoms with Crippen LogP contribution in [0.2, 0.25) is 0 Å². The van der Waals surface area contributed by atoms with Gasteiger partial charge in [-0.15, -0.1) is 0 Å². The van der Waals surface area contributed by atoms with Gasteiger partial charge in [0.15, 0.2) is 0 Å². The molecule has 0 aromatic heterocycles. The van der Waals surface area contributed by atoms with Crippen LogP contribution >= 0.6 is 0 Å². The molecule has 0 spiro atoms. The minimum atomic E-state index is 0.174. The molecule has 0 atom stereocenters. The first-order valence-corrected chi connectivity index (χ1v) is 7.91. The van der Waals surface area contributed by atoms with Crippen molar-refractivity contribution in [3.05, 3.63) is 34.9 Å². The van der Waals surface area contributed by atoms with Crippen molar-refractivity contribution < 1.29 is 4.79 Å². The SMILES string of the molecule is Cc1ccc(C(=O)N2CCCN(CCCN)CC2)c(C)c1. The first-order valence-electron chi connectivity index (χ1n) is 7.91. The van der Waals surface area contributed by atoms with Crippen LogP contribution in [0.4, 0.5) is 0 Å². The van der Waals surface area contributed by atoms with Crippen LogP contribution in [0, 0.1) is 13.8 Å². The number of benzene rings is 1. The van der Waals surface area contributed by atoms with Crippen LogP contribution in [0.25, 0.3) is 0 Å². The molecule has 1 amide bonds. The van der Waals surface area contributed by atoms with E-state index in [2.05, 4.69) is 17.9 Å². The van der Waals surface area contributed by atoms with E-state index in [1.54, 1.807) is 0 Å². The molecule has 1 saturated heterocycles. The van der Waals surface area contributed by atoms with Crippen LogP contribution in [0.1, 0.15) is 34.3 Å². The summed E-state index contributed by atoms with van der Waals surface area (Å²) in [6.07, 6.45) is 2.08. The number of amides is 1. The summed E-state index contributed by atoms with van der Waals surface area (Å²) < 4.78 is 0. The number of aryl methyl sites for hydroxylation is 2. The molecule has 4 heteroatoms. The molecule has 0 bridgehead atoms.